The Morgan fingerprint density at radius 1 is 0.893 bits per heavy atom. The second kappa shape index (κ2) is 11.2. The summed E-state index contributed by atoms with van der Waals surface area (Å²) in [6, 6.07) is 3.14. The van der Waals surface area contributed by atoms with Crippen molar-refractivity contribution in [3.63, 3.8) is 0 Å². The first kappa shape index (κ1) is 24.1. The van der Waals surface area contributed by atoms with Crippen molar-refractivity contribution in [1.82, 2.24) is 0 Å². The van der Waals surface area contributed by atoms with Crippen LogP contribution in [0.4, 0.5) is 0 Å². The fourth-order valence-corrected chi connectivity index (χ4v) is 3.01. The van der Waals surface area contributed by atoms with Gasteiger partial charge in [0.2, 0.25) is 0 Å². The molecule has 0 saturated carbocycles. The first-order valence-corrected chi connectivity index (χ1v) is 10.9. The van der Waals surface area contributed by atoms with Crippen molar-refractivity contribution in [2.75, 3.05) is 13.2 Å². The van der Waals surface area contributed by atoms with Crippen molar-refractivity contribution in [2.24, 2.45) is 11.8 Å². The lowest BCUT2D eigenvalue weighted by Gasteiger charge is -2.12. The molecule has 0 spiro atoms. The molecule has 1 aromatic carbocycles. The fourth-order valence-electron chi connectivity index (χ4n) is 2.50. The van der Waals surface area contributed by atoms with E-state index < -0.39 is 27.0 Å². The molecule has 8 heteroatoms. The van der Waals surface area contributed by atoms with Crippen molar-refractivity contribution in [2.45, 2.75) is 58.3 Å². The van der Waals surface area contributed by atoms with E-state index in [-0.39, 0.29) is 24.3 Å². The third kappa shape index (κ3) is 8.39. The van der Waals surface area contributed by atoms with Crippen LogP contribution in [0.1, 0.15) is 74.1 Å². The average molecular weight is 415 g/mol. The van der Waals surface area contributed by atoms with Gasteiger partial charge >= 0.3 is 11.9 Å². The SMILES string of the molecule is CC(C)CCCOC(=O)c1ccc(S(=O)(=O)O)cc1C(=O)OCCCC(C)C. The highest BCUT2D eigenvalue weighted by Crippen LogP contribution is 2.19. The zero-order chi connectivity index (χ0) is 21.3. The van der Waals surface area contributed by atoms with E-state index in [1.54, 1.807) is 0 Å². The molecule has 0 unspecified atom stereocenters. The fraction of sp³-hybridized carbons (Fsp3) is 0.600. The maximum Gasteiger partial charge on any atom is 0.339 e. The number of carbonyl (C=O) groups is 2. The number of benzene rings is 1. The van der Waals surface area contributed by atoms with Gasteiger partial charge in [-0.1, -0.05) is 27.7 Å². The molecule has 0 aromatic heterocycles. The van der Waals surface area contributed by atoms with Crippen LogP contribution in [0.3, 0.4) is 0 Å². The van der Waals surface area contributed by atoms with Crippen LogP contribution < -0.4 is 0 Å². The highest BCUT2D eigenvalue weighted by molar-refractivity contribution is 7.85. The quantitative estimate of drug-likeness (QED) is 0.330. The van der Waals surface area contributed by atoms with Gasteiger partial charge in [-0.3, -0.25) is 4.55 Å². The van der Waals surface area contributed by atoms with Crippen molar-refractivity contribution in [1.29, 1.82) is 0 Å². The van der Waals surface area contributed by atoms with Gasteiger partial charge in [-0.25, -0.2) is 9.59 Å². The summed E-state index contributed by atoms with van der Waals surface area (Å²) in [5, 5.41) is 0. The molecule has 7 nitrogen and oxygen atoms in total. The maximum atomic E-state index is 12.4. The highest BCUT2D eigenvalue weighted by Gasteiger charge is 2.23. The van der Waals surface area contributed by atoms with Crippen LogP contribution in [0, 0.1) is 11.8 Å². The smallest absolute Gasteiger partial charge is 0.339 e. The van der Waals surface area contributed by atoms with Gasteiger partial charge in [0.25, 0.3) is 10.1 Å². The summed E-state index contributed by atoms with van der Waals surface area (Å²) in [5.41, 5.74) is -0.334. The van der Waals surface area contributed by atoms with E-state index in [4.69, 9.17) is 9.47 Å². The van der Waals surface area contributed by atoms with Crippen LogP contribution in [0.5, 0.6) is 0 Å². The second-order valence-electron chi connectivity index (χ2n) is 7.53. The molecule has 0 aliphatic rings. The van der Waals surface area contributed by atoms with Crippen LogP contribution in [0.25, 0.3) is 0 Å². The van der Waals surface area contributed by atoms with Crippen molar-refractivity contribution >= 4 is 22.1 Å². The minimum Gasteiger partial charge on any atom is -0.462 e. The summed E-state index contributed by atoms with van der Waals surface area (Å²) in [6.07, 6.45) is 3.08. The molecular weight excluding hydrogens is 384 g/mol. The van der Waals surface area contributed by atoms with Gasteiger partial charge in [-0.05, 0) is 55.7 Å². The van der Waals surface area contributed by atoms with Crippen LogP contribution in [0.2, 0.25) is 0 Å². The largest absolute Gasteiger partial charge is 0.462 e. The molecule has 0 radical (unpaired) electrons. The average Bonchev–Trinajstić information content (AvgIpc) is 2.60. The molecule has 0 amide bonds. The number of hydrogen-bond acceptors (Lipinski definition) is 6. The summed E-state index contributed by atoms with van der Waals surface area (Å²) in [5.74, 6) is -0.634. The van der Waals surface area contributed by atoms with Gasteiger partial charge in [-0.15, -0.1) is 0 Å². The van der Waals surface area contributed by atoms with Crippen LogP contribution in [0.15, 0.2) is 23.1 Å². The van der Waals surface area contributed by atoms with E-state index in [0.717, 1.165) is 31.0 Å². The Morgan fingerprint density at radius 2 is 1.36 bits per heavy atom. The van der Waals surface area contributed by atoms with Crippen LogP contribution in [-0.4, -0.2) is 38.1 Å². The molecule has 0 aliphatic heterocycles. The molecule has 28 heavy (non-hydrogen) atoms. The van der Waals surface area contributed by atoms with E-state index >= 15 is 0 Å². The monoisotopic (exact) mass is 414 g/mol. The summed E-state index contributed by atoms with van der Waals surface area (Å²) in [6.45, 7) is 8.55. The number of rotatable bonds is 11. The van der Waals surface area contributed by atoms with E-state index in [0.29, 0.717) is 24.7 Å². The number of ether oxygens (including phenoxy) is 2. The maximum absolute atomic E-state index is 12.4. The lowest BCUT2D eigenvalue weighted by molar-refractivity contribution is 0.0447. The Morgan fingerprint density at radius 3 is 1.79 bits per heavy atom. The minimum atomic E-state index is -4.53. The molecule has 158 valence electrons. The zero-order valence-corrected chi connectivity index (χ0v) is 17.8. The first-order valence-electron chi connectivity index (χ1n) is 9.48. The summed E-state index contributed by atoms with van der Waals surface area (Å²) < 4.78 is 42.4. The van der Waals surface area contributed by atoms with E-state index in [1.807, 2.05) is 13.8 Å². The topological polar surface area (TPSA) is 107 Å². The molecule has 1 rings (SSSR count). The van der Waals surface area contributed by atoms with Gasteiger partial charge in [0.05, 0.1) is 29.2 Å². The lowest BCUT2D eigenvalue weighted by Crippen LogP contribution is -2.16. The second-order valence-corrected chi connectivity index (χ2v) is 8.95. The molecule has 1 aromatic rings. The molecule has 0 bridgehead atoms. The number of esters is 2. The molecule has 0 fully saturated rings. The standard InChI is InChI=1S/C20H30O7S/c1-14(2)7-5-11-26-19(21)17-10-9-16(28(23,24)25)13-18(17)20(22)27-12-6-8-15(3)4/h9-10,13-15H,5-8,11-12H2,1-4H3,(H,23,24,25). The van der Waals surface area contributed by atoms with Gasteiger partial charge in [-0.2, -0.15) is 8.42 Å². The normalized spacial score (nSPS) is 11.7. The summed E-state index contributed by atoms with van der Waals surface area (Å²) >= 11 is 0. The zero-order valence-electron chi connectivity index (χ0n) is 16.9. The Labute approximate surface area is 167 Å². The summed E-state index contributed by atoms with van der Waals surface area (Å²) in [4.78, 5) is 24.3. The summed E-state index contributed by atoms with van der Waals surface area (Å²) in [7, 11) is -4.53. The van der Waals surface area contributed by atoms with Crippen LogP contribution >= 0.6 is 0 Å². The van der Waals surface area contributed by atoms with E-state index in [2.05, 4.69) is 13.8 Å². The van der Waals surface area contributed by atoms with Crippen LogP contribution in [-0.2, 0) is 19.6 Å². The molecule has 1 N–H and O–H groups in total. The molecular formula is C20H30O7S. The molecule has 0 heterocycles. The minimum absolute atomic E-state index is 0.0918. The van der Waals surface area contributed by atoms with E-state index in [9.17, 15) is 22.6 Å². The van der Waals surface area contributed by atoms with Gasteiger partial charge in [0, 0.05) is 0 Å². The van der Waals surface area contributed by atoms with Gasteiger partial charge < -0.3 is 9.47 Å². The van der Waals surface area contributed by atoms with Crippen molar-refractivity contribution in [3.8, 4) is 0 Å². The lowest BCUT2D eigenvalue weighted by atomic mass is 10.1. The third-order valence-corrected chi connectivity index (χ3v) is 4.90. The van der Waals surface area contributed by atoms with Crippen molar-refractivity contribution in [3.05, 3.63) is 29.3 Å². The Hall–Kier alpha value is -1.93. The predicted molar refractivity (Wildman–Crippen MR) is 105 cm³/mol. The molecule has 0 aliphatic carbocycles. The number of hydrogen-bond donors (Lipinski definition) is 1. The first-order chi connectivity index (χ1) is 13.0. The van der Waals surface area contributed by atoms with E-state index in [1.165, 1.54) is 0 Å². The molecule has 0 saturated heterocycles. The number of carbonyl (C=O) groups excluding carboxylic acids is 2. The Bertz CT molecular complexity index is 767. The molecule has 0 atom stereocenters. The predicted octanol–water partition coefficient (Wildman–Crippen LogP) is 4.12. The Balaban J connectivity index is 2.95. The van der Waals surface area contributed by atoms with Crippen molar-refractivity contribution < 1.29 is 32.0 Å². The third-order valence-electron chi connectivity index (χ3n) is 4.05. The van der Waals surface area contributed by atoms with Gasteiger partial charge in [0.15, 0.2) is 0 Å². The Kier molecular flexibility index (Phi) is 9.61. The van der Waals surface area contributed by atoms with Gasteiger partial charge in [0.1, 0.15) is 0 Å². The highest BCUT2D eigenvalue weighted by atomic mass is 32.2.